The first kappa shape index (κ1) is 22.4. The van der Waals surface area contributed by atoms with Crippen LogP contribution < -0.4 is 21.1 Å². The SMILES string of the molecule is NC(=O)c1ccccc1OCc1cccc(C(=O)Nc2ccc(NCC3CCCC3)cc2)c1. The van der Waals surface area contributed by atoms with E-state index in [4.69, 9.17) is 10.5 Å². The molecule has 0 radical (unpaired) electrons. The lowest BCUT2D eigenvalue weighted by Gasteiger charge is -2.13. The molecule has 170 valence electrons. The highest BCUT2D eigenvalue weighted by Gasteiger charge is 2.14. The maximum atomic E-state index is 12.7. The van der Waals surface area contributed by atoms with Gasteiger partial charge in [0.25, 0.3) is 11.8 Å². The number of carbonyl (C=O) groups is 2. The van der Waals surface area contributed by atoms with E-state index in [2.05, 4.69) is 10.6 Å². The first-order valence-corrected chi connectivity index (χ1v) is 11.3. The van der Waals surface area contributed by atoms with Crippen LogP contribution in [0.25, 0.3) is 0 Å². The van der Waals surface area contributed by atoms with Gasteiger partial charge in [-0.15, -0.1) is 0 Å². The summed E-state index contributed by atoms with van der Waals surface area (Å²) in [5.74, 6) is 0.450. The molecular formula is C27H29N3O3. The van der Waals surface area contributed by atoms with Crippen molar-refractivity contribution >= 4 is 23.2 Å². The second-order valence-electron chi connectivity index (χ2n) is 8.41. The summed E-state index contributed by atoms with van der Waals surface area (Å²) in [7, 11) is 0. The molecule has 3 aromatic carbocycles. The average Bonchev–Trinajstić information content (AvgIpc) is 3.36. The molecule has 0 aliphatic heterocycles. The predicted molar refractivity (Wildman–Crippen MR) is 131 cm³/mol. The second kappa shape index (κ2) is 10.7. The van der Waals surface area contributed by atoms with Gasteiger partial charge in [0.1, 0.15) is 12.4 Å². The maximum Gasteiger partial charge on any atom is 0.255 e. The summed E-state index contributed by atoms with van der Waals surface area (Å²) >= 11 is 0. The molecule has 33 heavy (non-hydrogen) atoms. The average molecular weight is 444 g/mol. The van der Waals surface area contributed by atoms with E-state index >= 15 is 0 Å². The maximum absolute atomic E-state index is 12.7. The zero-order chi connectivity index (χ0) is 23.0. The molecule has 1 aliphatic carbocycles. The topological polar surface area (TPSA) is 93.5 Å². The summed E-state index contributed by atoms with van der Waals surface area (Å²) in [4.78, 5) is 24.3. The van der Waals surface area contributed by atoms with Crippen LogP contribution in [0.3, 0.4) is 0 Å². The zero-order valence-electron chi connectivity index (χ0n) is 18.6. The highest BCUT2D eigenvalue weighted by molar-refractivity contribution is 6.04. The third-order valence-electron chi connectivity index (χ3n) is 5.95. The number of primary amides is 1. The number of benzene rings is 3. The highest BCUT2D eigenvalue weighted by atomic mass is 16.5. The van der Waals surface area contributed by atoms with Crippen molar-refractivity contribution in [2.75, 3.05) is 17.2 Å². The van der Waals surface area contributed by atoms with Gasteiger partial charge in [0.2, 0.25) is 0 Å². The molecule has 4 N–H and O–H groups in total. The number of para-hydroxylation sites is 1. The number of rotatable bonds is 9. The molecule has 3 aromatic rings. The van der Waals surface area contributed by atoms with Gasteiger partial charge in [-0.1, -0.05) is 37.1 Å². The van der Waals surface area contributed by atoms with Crippen molar-refractivity contribution in [2.45, 2.75) is 32.3 Å². The first-order valence-electron chi connectivity index (χ1n) is 11.3. The Balaban J connectivity index is 1.33. The van der Waals surface area contributed by atoms with Crippen LogP contribution in [0.1, 0.15) is 52.0 Å². The van der Waals surface area contributed by atoms with E-state index < -0.39 is 5.91 Å². The molecule has 0 saturated heterocycles. The second-order valence-corrected chi connectivity index (χ2v) is 8.41. The van der Waals surface area contributed by atoms with Crippen LogP contribution in [0.4, 0.5) is 11.4 Å². The Morgan fingerprint density at radius 1 is 0.909 bits per heavy atom. The van der Waals surface area contributed by atoms with Gasteiger partial charge in [-0.05, 0) is 72.9 Å². The number of hydrogen-bond donors (Lipinski definition) is 3. The summed E-state index contributed by atoms with van der Waals surface area (Å²) in [6.45, 7) is 1.22. The minimum atomic E-state index is -0.543. The van der Waals surface area contributed by atoms with Crippen LogP contribution in [0, 0.1) is 5.92 Å². The van der Waals surface area contributed by atoms with Gasteiger partial charge in [0.05, 0.1) is 5.56 Å². The van der Waals surface area contributed by atoms with Crippen LogP contribution >= 0.6 is 0 Å². The fraction of sp³-hybridized carbons (Fsp3) is 0.259. The van der Waals surface area contributed by atoms with E-state index in [1.54, 1.807) is 36.4 Å². The fourth-order valence-corrected chi connectivity index (χ4v) is 4.11. The number of nitrogens with one attached hydrogen (secondary N) is 2. The largest absolute Gasteiger partial charge is 0.488 e. The number of amides is 2. The van der Waals surface area contributed by atoms with Crippen molar-refractivity contribution in [3.63, 3.8) is 0 Å². The summed E-state index contributed by atoms with van der Waals surface area (Å²) in [5, 5.41) is 6.43. The van der Waals surface area contributed by atoms with Crippen molar-refractivity contribution < 1.29 is 14.3 Å². The number of hydrogen-bond acceptors (Lipinski definition) is 4. The van der Waals surface area contributed by atoms with Crippen molar-refractivity contribution in [1.29, 1.82) is 0 Å². The Morgan fingerprint density at radius 3 is 2.39 bits per heavy atom. The smallest absolute Gasteiger partial charge is 0.255 e. The molecule has 0 spiro atoms. The van der Waals surface area contributed by atoms with Crippen LogP contribution in [-0.2, 0) is 6.61 Å². The molecule has 0 bridgehead atoms. The number of carbonyl (C=O) groups excluding carboxylic acids is 2. The fourth-order valence-electron chi connectivity index (χ4n) is 4.11. The van der Waals surface area contributed by atoms with Crippen LogP contribution in [0.2, 0.25) is 0 Å². The predicted octanol–water partition coefficient (Wildman–Crippen LogP) is 5.22. The summed E-state index contributed by atoms with van der Waals surface area (Å²) in [6, 6.07) is 21.8. The van der Waals surface area contributed by atoms with Crippen molar-refractivity contribution in [3.8, 4) is 5.75 Å². The lowest BCUT2D eigenvalue weighted by Crippen LogP contribution is -2.14. The molecule has 1 saturated carbocycles. The molecular weight excluding hydrogens is 414 g/mol. The van der Waals surface area contributed by atoms with Crippen LogP contribution in [0.15, 0.2) is 72.8 Å². The third kappa shape index (κ3) is 6.13. The molecule has 0 heterocycles. The van der Waals surface area contributed by atoms with E-state index in [0.29, 0.717) is 16.9 Å². The molecule has 6 nitrogen and oxygen atoms in total. The van der Waals surface area contributed by atoms with E-state index in [-0.39, 0.29) is 12.5 Å². The minimum Gasteiger partial charge on any atom is -0.488 e. The Bertz CT molecular complexity index is 1110. The molecule has 0 atom stereocenters. The molecule has 6 heteroatoms. The summed E-state index contributed by atoms with van der Waals surface area (Å²) < 4.78 is 5.77. The van der Waals surface area contributed by atoms with Crippen molar-refractivity contribution in [1.82, 2.24) is 0 Å². The Labute approximate surface area is 194 Å². The van der Waals surface area contributed by atoms with Gasteiger partial charge in [-0.3, -0.25) is 9.59 Å². The van der Waals surface area contributed by atoms with Gasteiger partial charge < -0.3 is 21.1 Å². The Morgan fingerprint density at radius 2 is 1.64 bits per heavy atom. The van der Waals surface area contributed by atoms with E-state index in [9.17, 15) is 9.59 Å². The van der Waals surface area contributed by atoms with E-state index in [1.807, 2.05) is 36.4 Å². The Hall–Kier alpha value is -3.80. The quantitative estimate of drug-likeness (QED) is 0.423. The normalized spacial score (nSPS) is 13.5. The highest BCUT2D eigenvalue weighted by Crippen LogP contribution is 2.25. The van der Waals surface area contributed by atoms with Crippen molar-refractivity contribution in [2.24, 2.45) is 11.7 Å². The van der Waals surface area contributed by atoms with Gasteiger partial charge in [-0.2, -0.15) is 0 Å². The molecule has 2 amide bonds. The lowest BCUT2D eigenvalue weighted by atomic mass is 10.1. The van der Waals surface area contributed by atoms with Gasteiger partial charge >= 0.3 is 0 Å². The van der Waals surface area contributed by atoms with E-state index in [1.165, 1.54) is 25.7 Å². The van der Waals surface area contributed by atoms with Gasteiger partial charge in [-0.25, -0.2) is 0 Å². The number of anilines is 2. The molecule has 4 rings (SSSR count). The summed E-state index contributed by atoms with van der Waals surface area (Å²) in [6.07, 6.45) is 5.29. The van der Waals surface area contributed by atoms with Crippen molar-refractivity contribution in [3.05, 3.63) is 89.5 Å². The van der Waals surface area contributed by atoms with Gasteiger partial charge in [0.15, 0.2) is 0 Å². The molecule has 1 aliphatic rings. The number of ether oxygens (including phenoxy) is 1. The van der Waals surface area contributed by atoms with Gasteiger partial charge in [0, 0.05) is 23.5 Å². The lowest BCUT2D eigenvalue weighted by molar-refractivity contribution is 0.0994. The minimum absolute atomic E-state index is 0.193. The molecule has 0 aromatic heterocycles. The zero-order valence-corrected chi connectivity index (χ0v) is 18.6. The van der Waals surface area contributed by atoms with Crippen LogP contribution in [0.5, 0.6) is 5.75 Å². The standard InChI is InChI=1S/C27H29N3O3/c28-26(31)24-10-3-4-11-25(24)33-18-20-8-5-9-21(16-20)27(32)30-23-14-12-22(13-15-23)29-17-19-6-1-2-7-19/h3-5,8-16,19,29H,1-2,6-7,17-18H2,(H2,28,31)(H,30,32). The Kier molecular flexibility index (Phi) is 7.25. The molecule has 1 fully saturated rings. The van der Waals surface area contributed by atoms with E-state index in [0.717, 1.165) is 29.4 Å². The molecule has 0 unspecified atom stereocenters. The number of nitrogens with two attached hydrogens (primary N) is 1. The van der Waals surface area contributed by atoms with Crippen LogP contribution in [-0.4, -0.2) is 18.4 Å². The third-order valence-corrected chi connectivity index (χ3v) is 5.95. The monoisotopic (exact) mass is 443 g/mol. The summed E-state index contributed by atoms with van der Waals surface area (Å²) in [5.41, 5.74) is 8.87. The first-order chi connectivity index (χ1) is 16.1.